The fraction of sp³-hybridized carbons (Fsp3) is 0.462. The summed E-state index contributed by atoms with van der Waals surface area (Å²) in [7, 11) is 0. The standard InChI is InChI=1S/C13H13BrF3NO2/c14-7-2-1-6(3-7)5-18-13(20)8-4-9(15)11(17)12(19)10(8)16/h4,6-7,19H,1-3,5H2,(H,18,20). The Morgan fingerprint density at radius 3 is 2.65 bits per heavy atom. The lowest BCUT2D eigenvalue weighted by Crippen LogP contribution is -2.29. The molecule has 110 valence electrons. The molecule has 0 saturated heterocycles. The molecule has 1 aromatic carbocycles. The van der Waals surface area contributed by atoms with E-state index in [2.05, 4.69) is 21.2 Å². The molecule has 7 heteroatoms. The second-order valence-electron chi connectivity index (χ2n) is 4.87. The normalized spacial score (nSPS) is 22.0. The van der Waals surface area contributed by atoms with Gasteiger partial charge in [-0.3, -0.25) is 4.79 Å². The zero-order valence-corrected chi connectivity index (χ0v) is 12.0. The van der Waals surface area contributed by atoms with Crippen LogP contribution in [0.3, 0.4) is 0 Å². The average Bonchev–Trinajstić information content (AvgIpc) is 2.83. The molecule has 0 aromatic heterocycles. The number of phenols is 1. The minimum absolute atomic E-state index is 0.269. The van der Waals surface area contributed by atoms with E-state index in [1.54, 1.807) is 0 Å². The maximum absolute atomic E-state index is 13.5. The molecule has 0 radical (unpaired) electrons. The lowest BCUT2D eigenvalue weighted by molar-refractivity contribution is 0.0941. The highest BCUT2D eigenvalue weighted by Gasteiger charge is 2.25. The quantitative estimate of drug-likeness (QED) is 0.649. The number of halogens is 4. The Labute approximate surface area is 122 Å². The summed E-state index contributed by atoms with van der Waals surface area (Å²) >= 11 is 3.47. The number of aromatic hydroxyl groups is 1. The van der Waals surface area contributed by atoms with Crippen LogP contribution in [0.4, 0.5) is 13.2 Å². The number of alkyl halides is 1. The molecule has 0 aliphatic heterocycles. The molecule has 2 unspecified atom stereocenters. The summed E-state index contributed by atoms with van der Waals surface area (Å²) in [6.07, 6.45) is 2.83. The van der Waals surface area contributed by atoms with Crippen molar-refractivity contribution in [3.05, 3.63) is 29.1 Å². The molecule has 2 N–H and O–H groups in total. The van der Waals surface area contributed by atoms with Gasteiger partial charge in [0.15, 0.2) is 17.4 Å². The summed E-state index contributed by atoms with van der Waals surface area (Å²) in [5.74, 6) is -6.69. The van der Waals surface area contributed by atoms with E-state index in [-0.39, 0.29) is 5.92 Å². The Bertz CT molecular complexity index is 539. The van der Waals surface area contributed by atoms with Crippen molar-refractivity contribution in [3.63, 3.8) is 0 Å². The van der Waals surface area contributed by atoms with E-state index in [1.807, 2.05) is 0 Å². The van der Waals surface area contributed by atoms with Crippen molar-refractivity contribution in [2.24, 2.45) is 5.92 Å². The Balaban J connectivity index is 2.06. The van der Waals surface area contributed by atoms with Gasteiger partial charge in [0.2, 0.25) is 5.82 Å². The lowest BCUT2D eigenvalue weighted by Gasteiger charge is -2.12. The van der Waals surface area contributed by atoms with Crippen molar-refractivity contribution in [1.82, 2.24) is 5.32 Å². The van der Waals surface area contributed by atoms with Gasteiger partial charge in [-0.1, -0.05) is 15.9 Å². The minimum atomic E-state index is -1.70. The van der Waals surface area contributed by atoms with Gasteiger partial charge >= 0.3 is 0 Å². The number of amides is 1. The van der Waals surface area contributed by atoms with E-state index in [0.717, 1.165) is 19.3 Å². The summed E-state index contributed by atoms with van der Waals surface area (Å²) in [5.41, 5.74) is -0.699. The molecular weight excluding hydrogens is 339 g/mol. The number of benzene rings is 1. The molecule has 2 rings (SSSR count). The van der Waals surface area contributed by atoms with Crippen LogP contribution in [0.15, 0.2) is 6.07 Å². The van der Waals surface area contributed by atoms with Gasteiger partial charge in [0.25, 0.3) is 5.91 Å². The first-order chi connectivity index (χ1) is 9.40. The number of carbonyl (C=O) groups excluding carboxylic acids is 1. The van der Waals surface area contributed by atoms with Crippen molar-refractivity contribution < 1.29 is 23.1 Å². The van der Waals surface area contributed by atoms with E-state index >= 15 is 0 Å². The third kappa shape index (κ3) is 3.08. The Hall–Kier alpha value is -1.24. The van der Waals surface area contributed by atoms with Crippen LogP contribution in [0, 0.1) is 23.4 Å². The van der Waals surface area contributed by atoms with Gasteiger partial charge in [-0.25, -0.2) is 8.78 Å². The highest BCUT2D eigenvalue weighted by Crippen LogP contribution is 2.30. The van der Waals surface area contributed by atoms with Crippen molar-refractivity contribution in [2.45, 2.75) is 24.1 Å². The largest absolute Gasteiger partial charge is 0.503 e. The molecule has 0 heterocycles. The lowest BCUT2D eigenvalue weighted by atomic mass is 10.1. The average molecular weight is 352 g/mol. The predicted octanol–water partition coefficient (Wildman–Crippen LogP) is 3.10. The molecular formula is C13H13BrF3NO2. The van der Waals surface area contributed by atoms with Crippen molar-refractivity contribution in [3.8, 4) is 5.75 Å². The fourth-order valence-electron chi connectivity index (χ4n) is 2.29. The first-order valence-corrected chi connectivity index (χ1v) is 7.10. The van der Waals surface area contributed by atoms with Gasteiger partial charge in [-0.05, 0) is 31.2 Å². The number of hydrogen-bond donors (Lipinski definition) is 2. The summed E-state index contributed by atoms with van der Waals surface area (Å²) in [5, 5.41) is 11.5. The highest BCUT2D eigenvalue weighted by atomic mass is 79.9. The summed E-state index contributed by atoms with van der Waals surface area (Å²) < 4.78 is 39.5. The van der Waals surface area contributed by atoms with Crippen LogP contribution < -0.4 is 5.32 Å². The molecule has 1 fully saturated rings. The number of phenolic OH excluding ortho intramolecular Hbond substituents is 1. The maximum atomic E-state index is 13.5. The summed E-state index contributed by atoms with van der Waals surface area (Å²) in [4.78, 5) is 12.2. The maximum Gasteiger partial charge on any atom is 0.254 e. The monoisotopic (exact) mass is 351 g/mol. The minimum Gasteiger partial charge on any atom is -0.503 e. The molecule has 1 amide bonds. The topological polar surface area (TPSA) is 49.3 Å². The molecule has 0 spiro atoms. The van der Waals surface area contributed by atoms with Crippen molar-refractivity contribution in [1.29, 1.82) is 0 Å². The first kappa shape index (κ1) is 15.2. The molecule has 1 aromatic rings. The van der Waals surface area contributed by atoms with Crippen molar-refractivity contribution >= 4 is 21.8 Å². The van der Waals surface area contributed by atoms with Gasteiger partial charge in [-0.15, -0.1) is 0 Å². The Morgan fingerprint density at radius 2 is 2.05 bits per heavy atom. The third-order valence-corrected chi connectivity index (χ3v) is 4.24. The molecule has 1 aliphatic rings. The van der Waals surface area contributed by atoms with E-state index in [1.165, 1.54) is 0 Å². The van der Waals surface area contributed by atoms with Gasteiger partial charge in [-0.2, -0.15) is 4.39 Å². The number of carbonyl (C=O) groups is 1. The number of nitrogens with one attached hydrogen (secondary N) is 1. The van der Waals surface area contributed by atoms with Crippen LogP contribution in [0.25, 0.3) is 0 Å². The van der Waals surface area contributed by atoms with Crippen LogP contribution in [-0.4, -0.2) is 22.4 Å². The van der Waals surface area contributed by atoms with Gasteiger partial charge < -0.3 is 10.4 Å². The number of rotatable bonds is 3. The van der Waals surface area contributed by atoms with Crippen molar-refractivity contribution in [2.75, 3.05) is 6.54 Å². The second kappa shape index (κ2) is 6.03. The zero-order chi connectivity index (χ0) is 14.9. The van der Waals surface area contributed by atoms with Gasteiger partial charge in [0.1, 0.15) is 0 Å². The van der Waals surface area contributed by atoms with Gasteiger partial charge in [0, 0.05) is 11.4 Å². The van der Waals surface area contributed by atoms with E-state index in [4.69, 9.17) is 5.11 Å². The smallest absolute Gasteiger partial charge is 0.254 e. The Kier molecular flexibility index (Phi) is 4.57. The van der Waals surface area contributed by atoms with Crippen LogP contribution in [0.2, 0.25) is 0 Å². The van der Waals surface area contributed by atoms with Crippen LogP contribution in [0.5, 0.6) is 5.75 Å². The second-order valence-corrected chi connectivity index (χ2v) is 6.16. The van der Waals surface area contributed by atoms with Crippen LogP contribution >= 0.6 is 15.9 Å². The zero-order valence-electron chi connectivity index (χ0n) is 10.4. The molecule has 20 heavy (non-hydrogen) atoms. The van der Waals surface area contributed by atoms with E-state index in [0.29, 0.717) is 17.4 Å². The predicted molar refractivity (Wildman–Crippen MR) is 70.4 cm³/mol. The Morgan fingerprint density at radius 1 is 1.35 bits per heavy atom. The molecule has 3 nitrogen and oxygen atoms in total. The van der Waals surface area contributed by atoms with Gasteiger partial charge in [0.05, 0.1) is 5.56 Å². The number of hydrogen-bond acceptors (Lipinski definition) is 2. The molecule has 0 bridgehead atoms. The summed E-state index contributed by atoms with van der Waals surface area (Å²) in [6, 6.07) is 0.446. The SMILES string of the molecule is O=C(NCC1CCC(Br)C1)c1cc(F)c(F)c(O)c1F. The third-order valence-electron chi connectivity index (χ3n) is 3.41. The summed E-state index contributed by atoms with van der Waals surface area (Å²) in [6.45, 7) is 0.333. The van der Waals surface area contributed by atoms with E-state index in [9.17, 15) is 18.0 Å². The molecule has 1 saturated carbocycles. The first-order valence-electron chi connectivity index (χ1n) is 6.19. The molecule has 2 atom stereocenters. The van der Waals surface area contributed by atoms with Crippen LogP contribution in [-0.2, 0) is 0 Å². The highest BCUT2D eigenvalue weighted by molar-refractivity contribution is 9.09. The van der Waals surface area contributed by atoms with E-state index < -0.39 is 34.7 Å². The van der Waals surface area contributed by atoms with Crippen LogP contribution in [0.1, 0.15) is 29.6 Å². The molecule has 1 aliphatic carbocycles. The fourth-order valence-corrected chi connectivity index (χ4v) is 3.08.